The topological polar surface area (TPSA) is 29.5 Å². The maximum Gasteiger partial charge on any atom is 0.0773 e. The molecule has 2 nitrogen and oxygen atoms in total. The molecule has 0 spiro atoms. The number of aliphatic hydroxyl groups excluding tert-OH is 1. The van der Waals surface area contributed by atoms with Crippen molar-refractivity contribution in [3.63, 3.8) is 0 Å². The van der Waals surface area contributed by atoms with Gasteiger partial charge in [0.1, 0.15) is 0 Å². The van der Waals surface area contributed by atoms with Gasteiger partial charge in [0.25, 0.3) is 0 Å². The molecule has 0 aliphatic carbocycles. The molecule has 86 valence electrons. The number of hydrogen-bond donors (Lipinski definition) is 1. The lowest BCUT2D eigenvalue weighted by Gasteiger charge is -2.09. The molecule has 1 atom stereocenters. The Morgan fingerprint density at radius 2 is 1.71 bits per heavy atom. The summed E-state index contributed by atoms with van der Waals surface area (Å²) in [5, 5.41) is 9.36. The summed E-state index contributed by atoms with van der Waals surface area (Å²) in [6.45, 7) is 5.62. The zero-order valence-electron chi connectivity index (χ0n) is 9.80. The molecule has 0 fully saturated rings. The van der Waals surface area contributed by atoms with Crippen molar-refractivity contribution in [1.82, 2.24) is 0 Å². The molecule has 0 aliphatic rings. The van der Waals surface area contributed by atoms with Crippen molar-refractivity contribution < 1.29 is 9.84 Å². The second-order valence-electron chi connectivity index (χ2n) is 3.93. The van der Waals surface area contributed by atoms with Crippen LogP contribution in [-0.4, -0.2) is 24.4 Å². The molecule has 0 aliphatic heterocycles. The zero-order chi connectivity index (χ0) is 10.6. The van der Waals surface area contributed by atoms with Gasteiger partial charge in [-0.15, -0.1) is 0 Å². The molecular formula is C12H26O2. The van der Waals surface area contributed by atoms with E-state index in [1.807, 2.05) is 0 Å². The molecular weight excluding hydrogens is 176 g/mol. The quantitative estimate of drug-likeness (QED) is 0.551. The van der Waals surface area contributed by atoms with Crippen molar-refractivity contribution in [2.75, 3.05) is 13.2 Å². The van der Waals surface area contributed by atoms with E-state index in [1.165, 1.54) is 25.7 Å². The average Bonchev–Trinajstić information content (AvgIpc) is 2.17. The van der Waals surface area contributed by atoms with E-state index in [4.69, 9.17) is 4.74 Å². The average molecular weight is 202 g/mol. The van der Waals surface area contributed by atoms with E-state index in [1.54, 1.807) is 0 Å². The van der Waals surface area contributed by atoms with Crippen molar-refractivity contribution in [2.45, 2.75) is 64.9 Å². The summed E-state index contributed by atoms with van der Waals surface area (Å²) in [7, 11) is 0. The highest BCUT2D eigenvalue weighted by Gasteiger charge is 2.01. The number of rotatable bonds is 10. The lowest BCUT2D eigenvalue weighted by Crippen LogP contribution is -2.15. The lowest BCUT2D eigenvalue weighted by molar-refractivity contribution is 0.0307. The highest BCUT2D eigenvalue weighted by atomic mass is 16.5. The Hall–Kier alpha value is -0.0800. The Morgan fingerprint density at radius 3 is 2.36 bits per heavy atom. The van der Waals surface area contributed by atoms with Crippen LogP contribution >= 0.6 is 0 Å². The van der Waals surface area contributed by atoms with E-state index in [9.17, 15) is 5.11 Å². The summed E-state index contributed by atoms with van der Waals surface area (Å²) in [5.74, 6) is 0. The van der Waals surface area contributed by atoms with Crippen LogP contribution in [0.3, 0.4) is 0 Å². The highest BCUT2D eigenvalue weighted by molar-refractivity contribution is 4.51. The van der Waals surface area contributed by atoms with Crippen molar-refractivity contribution in [3.05, 3.63) is 0 Å². The summed E-state index contributed by atoms with van der Waals surface area (Å²) in [6, 6.07) is 0. The second-order valence-corrected chi connectivity index (χ2v) is 3.93. The van der Waals surface area contributed by atoms with Crippen molar-refractivity contribution in [1.29, 1.82) is 0 Å². The zero-order valence-corrected chi connectivity index (χ0v) is 9.80. The van der Waals surface area contributed by atoms with Gasteiger partial charge in [0, 0.05) is 6.61 Å². The lowest BCUT2D eigenvalue weighted by atomic mass is 10.2. The molecule has 0 rings (SSSR count). The van der Waals surface area contributed by atoms with Gasteiger partial charge in [0.05, 0.1) is 12.7 Å². The molecule has 2 heteroatoms. The fourth-order valence-corrected chi connectivity index (χ4v) is 1.44. The van der Waals surface area contributed by atoms with E-state index in [2.05, 4.69) is 13.8 Å². The van der Waals surface area contributed by atoms with E-state index in [0.29, 0.717) is 6.61 Å². The molecule has 1 N–H and O–H groups in total. The van der Waals surface area contributed by atoms with Gasteiger partial charge in [-0.25, -0.2) is 0 Å². The standard InChI is InChI=1S/C12H26O2/c1-3-5-6-7-8-10-14-11-12(13)9-4-2/h12-13H,3-11H2,1-2H3. The first kappa shape index (κ1) is 13.9. The Morgan fingerprint density at radius 1 is 1.00 bits per heavy atom. The van der Waals surface area contributed by atoms with Crippen molar-refractivity contribution in [2.24, 2.45) is 0 Å². The first-order valence-corrected chi connectivity index (χ1v) is 6.07. The summed E-state index contributed by atoms with van der Waals surface area (Å²) in [5.41, 5.74) is 0. The normalized spacial score (nSPS) is 13.1. The molecule has 14 heavy (non-hydrogen) atoms. The third-order valence-corrected chi connectivity index (χ3v) is 2.32. The van der Waals surface area contributed by atoms with Gasteiger partial charge in [-0.1, -0.05) is 46.0 Å². The Kier molecular flexibility index (Phi) is 10.9. The first-order valence-electron chi connectivity index (χ1n) is 6.07. The van der Waals surface area contributed by atoms with E-state index >= 15 is 0 Å². The molecule has 0 radical (unpaired) electrons. The first-order chi connectivity index (χ1) is 6.81. The van der Waals surface area contributed by atoms with Gasteiger partial charge < -0.3 is 9.84 Å². The number of hydrogen-bond acceptors (Lipinski definition) is 2. The van der Waals surface area contributed by atoms with Crippen LogP contribution in [0.15, 0.2) is 0 Å². The summed E-state index contributed by atoms with van der Waals surface area (Å²) in [6.07, 6.45) is 7.97. The van der Waals surface area contributed by atoms with Crippen LogP contribution in [0, 0.1) is 0 Å². The summed E-state index contributed by atoms with van der Waals surface area (Å²) in [4.78, 5) is 0. The van der Waals surface area contributed by atoms with Crippen LogP contribution in [-0.2, 0) is 4.74 Å². The Bertz CT molecular complexity index is 104. The van der Waals surface area contributed by atoms with Gasteiger partial charge in [-0.3, -0.25) is 0 Å². The third kappa shape index (κ3) is 10.0. The minimum absolute atomic E-state index is 0.254. The number of unbranched alkanes of at least 4 members (excludes halogenated alkanes) is 4. The predicted octanol–water partition coefficient (Wildman–Crippen LogP) is 3.13. The van der Waals surface area contributed by atoms with Gasteiger partial charge in [0.15, 0.2) is 0 Å². The largest absolute Gasteiger partial charge is 0.391 e. The molecule has 0 amide bonds. The highest BCUT2D eigenvalue weighted by Crippen LogP contribution is 2.03. The fourth-order valence-electron chi connectivity index (χ4n) is 1.44. The molecule has 1 unspecified atom stereocenters. The van der Waals surface area contributed by atoms with Gasteiger partial charge in [-0.05, 0) is 12.8 Å². The maximum absolute atomic E-state index is 9.36. The third-order valence-electron chi connectivity index (χ3n) is 2.32. The minimum atomic E-state index is -0.254. The van der Waals surface area contributed by atoms with Crippen LogP contribution in [0.2, 0.25) is 0 Å². The van der Waals surface area contributed by atoms with Crippen LogP contribution in [0.25, 0.3) is 0 Å². The van der Waals surface area contributed by atoms with Crippen molar-refractivity contribution in [3.8, 4) is 0 Å². The minimum Gasteiger partial charge on any atom is -0.391 e. The van der Waals surface area contributed by atoms with Crippen molar-refractivity contribution >= 4 is 0 Å². The van der Waals surface area contributed by atoms with E-state index < -0.39 is 0 Å². The second kappa shape index (κ2) is 11.0. The smallest absolute Gasteiger partial charge is 0.0773 e. The van der Waals surface area contributed by atoms with E-state index in [-0.39, 0.29) is 6.10 Å². The van der Waals surface area contributed by atoms with Crippen LogP contribution in [0.4, 0.5) is 0 Å². The summed E-state index contributed by atoms with van der Waals surface area (Å²) >= 11 is 0. The molecule has 0 aromatic rings. The summed E-state index contributed by atoms with van der Waals surface area (Å²) < 4.78 is 5.38. The molecule has 0 aromatic heterocycles. The monoisotopic (exact) mass is 202 g/mol. The molecule has 0 saturated carbocycles. The molecule has 0 bridgehead atoms. The van der Waals surface area contributed by atoms with Crippen LogP contribution in [0.5, 0.6) is 0 Å². The number of aliphatic hydroxyl groups is 1. The maximum atomic E-state index is 9.36. The molecule has 0 saturated heterocycles. The van der Waals surface area contributed by atoms with Gasteiger partial charge in [-0.2, -0.15) is 0 Å². The molecule has 0 aromatic carbocycles. The molecule has 0 heterocycles. The van der Waals surface area contributed by atoms with Crippen LogP contribution < -0.4 is 0 Å². The Balaban J connectivity index is 2.98. The van der Waals surface area contributed by atoms with E-state index in [0.717, 1.165) is 25.9 Å². The SMILES string of the molecule is CCCCCCCOCC(O)CCC. The predicted molar refractivity (Wildman–Crippen MR) is 60.5 cm³/mol. The van der Waals surface area contributed by atoms with Gasteiger partial charge >= 0.3 is 0 Å². The Labute approximate surface area is 88.7 Å². The fraction of sp³-hybridized carbons (Fsp3) is 1.00. The van der Waals surface area contributed by atoms with Crippen LogP contribution in [0.1, 0.15) is 58.8 Å². The van der Waals surface area contributed by atoms with Gasteiger partial charge in [0.2, 0.25) is 0 Å². The number of ether oxygens (including phenoxy) is 1.